The molecule has 0 saturated carbocycles. The molecule has 0 spiro atoms. The van der Waals surface area contributed by atoms with Crippen molar-refractivity contribution in [1.29, 1.82) is 0 Å². The van der Waals surface area contributed by atoms with Gasteiger partial charge in [0.2, 0.25) is 0 Å². The Balaban J connectivity index is 2.27. The number of hydrogen-bond donors (Lipinski definition) is 2. The molecule has 0 radical (unpaired) electrons. The summed E-state index contributed by atoms with van der Waals surface area (Å²) in [5.41, 5.74) is 1.63. The van der Waals surface area contributed by atoms with Gasteiger partial charge in [0, 0.05) is 16.7 Å². The van der Waals surface area contributed by atoms with Crippen LogP contribution in [0, 0.1) is 6.92 Å². The maximum atomic E-state index is 11.3. The van der Waals surface area contributed by atoms with E-state index in [2.05, 4.69) is 0 Å². The number of carboxylic acid groups (broad SMARTS) is 1. The van der Waals surface area contributed by atoms with Gasteiger partial charge in [0.25, 0.3) is 0 Å². The van der Waals surface area contributed by atoms with Crippen molar-refractivity contribution >= 4 is 17.7 Å². The summed E-state index contributed by atoms with van der Waals surface area (Å²) in [5.74, 6) is -0.539. The maximum Gasteiger partial charge on any atom is 0.339 e. The molecule has 0 aliphatic heterocycles. The minimum Gasteiger partial charge on any atom is -0.507 e. The van der Waals surface area contributed by atoms with E-state index in [4.69, 9.17) is 4.74 Å². The van der Waals surface area contributed by atoms with Gasteiger partial charge in [0.1, 0.15) is 17.1 Å². The Morgan fingerprint density at radius 3 is 2.48 bits per heavy atom. The lowest BCUT2D eigenvalue weighted by atomic mass is 10.1. The highest BCUT2D eigenvalue weighted by atomic mass is 32.2. The van der Waals surface area contributed by atoms with Crippen molar-refractivity contribution in [3.8, 4) is 11.5 Å². The molecule has 0 heterocycles. The highest BCUT2D eigenvalue weighted by molar-refractivity contribution is 7.98. The summed E-state index contributed by atoms with van der Waals surface area (Å²) >= 11 is 1.51. The van der Waals surface area contributed by atoms with Crippen LogP contribution in [0.1, 0.15) is 21.5 Å². The van der Waals surface area contributed by atoms with Gasteiger partial charge in [0.05, 0.1) is 7.11 Å². The summed E-state index contributed by atoms with van der Waals surface area (Å²) in [6.07, 6.45) is 0. The third kappa shape index (κ3) is 3.70. The average molecular weight is 304 g/mol. The number of aromatic carboxylic acids is 1. The van der Waals surface area contributed by atoms with Gasteiger partial charge in [0.15, 0.2) is 0 Å². The second-order valence-corrected chi connectivity index (χ2v) is 5.64. The average Bonchev–Trinajstić information content (AvgIpc) is 2.45. The molecule has 4 nitrogen and oxygen atoms in total. The monoisotopic (exact) mass is 304 g/mol. The molecule has 0 saturated heterocycles. The summed E-state index contributed by atoms with van der Waals surface area (Å²) in [6, 6.07) is 10.9. The van der Waals surface area contributed by atoms with Gasteiger partial charge in [-0.2, -0.15) is 0 Å². The normalized spacial score (nSPS) is 10.4. The lowest BCUT2D eigenvalue weighted by molar-refractivity contribution is 0.0693. The first-order valence-corrected chi connectivity index (χ1v) is 7.32. The minimum atomic E-state index is -1.14. The fourth-order valence-corrected chi connectivity index (χ4v) is 2.81. The number of aromatic hydroxyl groups is 1. The summed E-state index contributed by atoms with van der Waals surface area (Å²) < 4.78 is 5.08. The second-order valence-electron chi connectivity index (χ2n) is 4.59. The van der Waals surface area contributed by atoms with Crippen LogP contribution < -0.4 is 4.74 Å². The zero-order valence-corrected chi connectivity index (χ0v) is 12.6. The summed E-state index contributed by atoms with van der Waals surface area (Å²) in [7, 11) is 1.48. The summed E-state index contributed by atoms with van der Waals surface area (Å²) in [4.78, 5) is 12.3. The van der Waals surface area contributed by atoms with Gasteiger partial charge in [-0.3, -0.25) is 0 Å². The van der Waals surface area contributed by atoms with Crippen LogP contribution in [0.15, 0.2) is 41.3 Å². The molecule has 0 amide bonds. The van der Waals surface area contributed by atoms with Crippen molar-refractivity contribution < 1.29 is 19.7 Å². The Morgan fingerprint density at radius 2 is 1.90 bits per heavy atom. The molecule has 2 rings (SSSR count). The molecular formula is C16H16O4S. The molecule has 0 aliphatic rings. The zero-order chi connectivity index (χ0) is 15.4. The molecule has 0 bridgehead atoms. The van der Waals surface area contributed by atoms with Crippen LogP contribution in [-0.2, 0) is 5.75 Å². The zero-order valence-electron chi connectivity index (χ0n) is 11.8. The highest BCUT2D eigenvalue weighted by Crippen LogP contribution is 2.32. The van der Waals surface area contributed by atoms with Gasteiger partial charge in [-0.25, -0.2) is 4.79 Å². The minimum absolute atomic E-state index is 0.0737. The number of carbonyl (C=O) groups is 1. The molecule has 0 unspecified atom stereocenters. The molecule has 0 atom stereocenters. The standard InChI is InChI=1S/C16H16O4S/c1-10-3-5-13(6-4-10)21-9-11-7-12(20-2)8-14(17)15(11)16(18)19/h3-8,17H,9H2,1-2H3,(H,18,19). The molecular weight excluding hydrogens is 288 g/mol. The number of ether oxygens (including phenoxy) is 1. The lowest BCUT2D eigenvalue weighted by Gasteiger charge is -2.10. The molecule has 0 fully saturated rings. The van der Waals surface area contributed by atoms with E-state index in [9.17, 15) is 15.0 Å². The van der Waals surface area contributed by atoms with Gasteiger partial charge in [-0.15, -0.1) is 11.8 Å². The Morgan fingerprint density at radius 1 is 1.24 bits per heavy atom. The van der Waals surface area contributed by atoms with Crippen molar-refractivity contribution in [1.82, 2.24) is 0 Å². The first kappa shape index (κ1) is 15.3. The molecule has 0 aromatic heterocycles. The number of carboxylic acids is 1. The second kappa shape index (κ2) is 6.54. The number of rotatable bonds is 5. The molecule has 5 heteroatoms. The van der Waals surface area contributed by atoms with Crippen LogP contribution in [0.25, 0.3) is 0 Å². The van der Waals surface area contributed by atoms with Crippen LogP contribution in [0.4, 0.5) is 0 Å². The van der Waals surface area contributed by atoms with E-state index >= 15 is 0 Å². The number of hydrogen-bond acceptors (Lipinski definition) is 4. The SMILES string of the molecule is COc1cc(O)c(C(=O)O)c(CSc2ccc(C)cc2)c1. The molecule has 21 heavy (non-hydrogen) atoms. The molecule has 2 N–H and O–H groups in total. The smallest absolute Gasteiger partial charge is 0.339 e. The predicted molar refractivity (Wildman–Crippen MR) is 82.4 cm³/mol. The van der Waals surface area contributed by atoms with Crippen LogP contribution in [0.3, 0.4) is 0 Å². The Hall–Kier alpha value is -2.14. The third-order valence-electron chi connectivity index (χ3n) is 3.04. The van der Waals surface area contributed by atoms with Crippen LogP contribution in [0.2, 0.25) is 0 Å². The fraction of sp³-hybridized carbons (Fsp3) is 0.188. The fourth-order valence-electron chi connectivity index (χ4n) is 1.93. The highest BCUT2D eigenvalue weighted by Gasteiger charge is 2.17. The molecule has 110 valence electrons. The van der Waals surface area contributed by atoms with E-state index in [1.54, 1.807) is 6.07 Å². The van der Waals surface area contributed by atoms with E-state index in [0.29, 0.717) is 17.1 Å². The van der Waals surface area contributed by atoms with E-state index in [-0.39, 0.29) is 11.3 Å². The van der Waals surface area contributed by atoms with Crippen LogP contribution in [-0.4, -0.2) is 23.3 Å². The predicted octanol–water partition coefficient (Wildman–Crippen LogP) is 3.70. The van der Waals surface area contributed by atoms with Gasteiger partial charge in [-0.1, -0.05) is 17.7 Å². The third-order valence-corrected chi connectivity index (χ3v) is 4.10. The number of thioether (sulfide) groups is 1. The van der Waals surface area contributed by atoms with Crippen molar-refractivity contribution in [3.05, 3.63) is 53.1 Å². The van der Waals surface area contributed by atoms with Gasteiger partial charge >= 0.3 is 5.97 Å². The Labute approximate surface area is 127 Å². The number of phenols is 1. The molecule has 2 aromatic carbocycles. The first-order valence-electron chi connectivity index (χ1n) is 6.34. The topological polar surface area (TPSA) is 66.8 Å². The van der Waals surface area contributed by atoms with Crippen LogP contribution >= 0.6 is 11.8 Å². The number of methoxy groups -OCH3 is 1. The number of benzene rings is 2. The van der Waals surface area contributed by atoms with Crippen molar-refractivity contribution in [3.63, 3.8) is 0 Å². The maximum absolute atomic E-state index is 11.3. The van der Waals surface area contributed by atoms with E-state index in [0.717, 1.165) is 4.90 Å². The largest absolute Gasteiger partial charge is 0.507 e. The summed E-state index contributed by atoms with van der Waals surface area (Å²) in [5, 5.41) is 19.1. The Bertz CT molecular complexity index is 650. The quantitative estimate of drug-likeness (QED) is 0.824. The van der Waals surface area contributed by atoms with Gasteiger partial charge < -0.3 is 14.9 Å². The summed E-state index contributed by atoms with van der Waals surface area (Å²) in [6.45, 7) is 2.01. The molecule has 2 aromatic rings. The van der Waals surface area contributed by atoms with Crippen molar-refractivity contribution in [2.45, 2.75) is 17.6 Å². The van der Waals surface area contributed by atoms with E-state index in [1.807, 2.05) is 31.2 Å². The van der Waals surface area contributed by atoms with Crippen molar-refractivity contribution in [2.75, 3.05) is 7.11 Å². The van der Waals surface area contributed by atoms with Crippen LogP contribution in [0.5, 0.6) is 11.5 Å². The number of aryl methyl sites for hydroxylation is 1. The van der Waals surface area contributed by atoms with E-state index < -0.39 is 5.97 Å². The Kier molecular flexibility index (Phi) is 4.75. The van der Waals surface area contributed by atoms with Gasteiger partial charge in [-0.05, 0) is 30.7 Å². The van der Waals surface area contributed by atoms with Crippen molar-refractivity contribution in [2.24, 2.45) is 0 Å². The van der Waals surface area contributed by atoms with E-state index in [1.165, 1.54) is 30.5 Å². The first-order chi connectivity index (χ1) is 10.0. The molecule has 0 aliphatic carbocycles. The lowest BCUT2D eigenvalue weighted by Crippen LogP contribution is -2.03.